The number of nitrogens with zero attached hydrogens (tertiary/aromatic N) is 2. The summed E-state index contributed by atoms with van der Waals surface area (Å²) in [6.07, 6.45) is 2.27. The third-order valence-electron chi connectivity index (χ3n) is 3.85. The Hall–Kier alpha value is -1.71. The highest BCUT2D eigenvalue weighted by Gasteiger charge is 2.25. The molecule has 1 aliphatic rings. The normalized spacial score (nSPS) is 15.0. The molecule has 0 saturated carbocycles. The standard InChI is InChI=1S/C17H23FN4O2.HI/c1-19-17(20-10-9-13-5-7-14(18)8-6-13)21-11-12-22-15(23)3-2-4-16(22)24;/h5-8H,2-4,9-12H2,1H3,(H2,19,20,21);1H. The van der Waals surface area contributed by atoms with Gasteiger partial charge < -0.3 is 10.6 Å². The van der Waals surface area contributed by atoms with Gasteiger partial charge in [0.25, 0.3) is 0 Å². The smallest absolute Gasteiger partial charge is 0.229 e. The molecule has 8 heteroatoms. The maximum Gasteiger partial charge on any atom is 0.229 e. The van der Waals surface area contributed by atoms with E-state index in [9.17, 15) is 14.0 Å². The fourth-order valence-electron chi connectivity index (χ4n) is 2.53. The van der Waals surface area contributed by atoms with E-state index >= 15 is 0 Å². The summed E-state index contributed by atoms with van der Waals surface area (Å²) in [5.74, 6) is 0.152. The highest BCUT2D eigenvalue weighted by molar-refractivity contribution is 14.0. The average Bonchev–Trinajstić information content (AvgIpc) is 2.57. The van der Waals surface area contributed by atoms with Crippen LogP contribution in [0.3, 0.4) is 0 Å². The summed E-state index contributed by atoms with van der Waals surface area (Å²) in [7, 11) is 1.66. The molecule has 1 aromatic carbocycles. The molecule has 2 rings (SSSR count). The maximum absolute atomic E-state index is 12.8. The van der Waals surface area contributed by atoms with Crippen LogP contribution in [-0.2, 0) is 16.0 Å². The Balaban J connectivity index is 0.00000312. The number of hydrogen-bond acceptors (Lipinski definition) is 3. The van der Waals surface area contributed by atoms with Crippen LogP contribution in [-0.4, -0.2) is 49.4 Å². The molecule has 1 aliphatic heterocycles. The number of benzene rings is 1. The number of piperidine rings is 1. The number of guanidine groups is 1. The van der Waals surface area contributed by atoms with E-state index in [1.54, 1.807) is 19.2 Å². The van der Waals surface area contributed by atoms with Crippen molar-refractivity contribution < 1.29 is 14.0 Å². The predicted molar refractivity (Wildman–Crippen MR) is 105 cm³/mol. The lowest BCUT2D eigenvalue weighted by atomic mass is 10.1. The second kappa shape index (κ2) is 11.0. The molecule has 0 aromatic heterocycles. The van der Waals surface area contributed by atoms with E-state index in [1.807, 2.05) is 0 Å². The van der Waals surface area contributed by atoms with E-state index in [0.29, 0.717) is 44.9 Å². The molecule has 25 heavy (non-hydrogen) atoms. The molecule has 0 spiro atoms. The molecule has 138 valence electrons. The second-order valence-corrected chi connectivity index (χ2v) is 5.59. The van der Waals surface area contributed by atoms with Crippen LogP contribution in [0.2, 0.25) is 0 Å². The Labute approximate surface area is 164 Å². The van der Waals surface area contributed by atoms with Crippen molar-refractivity contribution >= 4 is 41.8 Å². The minimum atomic E-state index is -0.244. The maximum atomic E-state index is 12.8. The van der Waals surface area contributed by atoms with Gasteiger partial charge in [0, 0.05) is 39.5 Å². The van der Waals surface area contributed by atoms with Gasteiger partial charge in [0.2, 0.25) is 11.8 Å². The average molecular weight is 462 g/mol. The summed E-state index contributed by atoms with van der Waals surface area (Å²) < 4.78 is 12.8. The second-order valence-electron chi connectivity index (χ2n) is 5.59. The first-order chi connectivity index (χ1) is 11.6. The first-order valence-electron chi connectivity index (χ1n) is 8.12. The summed E-state index contributed by atoms with van der Waals surface area (Å²) in [6, 6.07) is 6.38. The molecule has 6 nitrogen and oxygen atoms in total. The molecular formula is C17H24FIN4O2. The minimum absolute atomic E-state index is 0. The van der Waals surface area contributed by atoms with Crippen molar-refractivity contribution in [3.05, 3.63) is 35.6 Å². The number of halogens is 2. The Kier molecular flexibility index (Phi) is 9.40. The van der Waals surface area contributed by atoms with Gasteiger partial charge in [-0.15, -0.1) is 24.0 Å². The van der Waals surface area contributed by atoms with Gasteiger partial charge in [-0.3, -0.25) is 19.5 Å². The van der Waals surface area contributed by atoms with Crippen LogP contribution in [0.1, 0.15) is 24.8 Å². The molecule has 1 saturated heterocycles. The van der Waals surface area contributed by atoms with Crippen molar-refractivity contribution in [2.75, 3.05) is 26.7 Å². The van der Waals surface area contributed by atoms with Crippen LogP contribution in [0.4, 0.5) is 4.39 Å². The molecule has 2 N–H and O–H groups in total. The van der Waals surface area contributed by atoms with Gasteiger partial charge in [-0.2, -0.15) is 0 Å². The third kappa shape index (κ3) is 6.97. The molecular weight excluding hydrogens is 438 g/mol. The van der Waals surface area contributed by atoms with Gasteiger partial charge in [0.15, 0.2) is 5.96 Å². The number of hydrogen-bond donors (Lipinski definition) is 2. The highest BCUT2D eigenvalue weighted by atomic mass is 127. The summed E-state index contributed by atoms with van der Waals surface area (Å²) in [6.45, 7) is 1.44. The molecule has 0 atom stereocenters. The molecule has 1 aromatic rings. The van der Waals surface area contributed by atoms with Crippen LogP contribution in [0.25, 0.3) is 0 Å². The van der Waals surface area contributed by atoms with E-state index in [2.05, 4.69) is 15.6 Å². The number of amides is 2. The van der Waals surface area contributed by atoms with E-state index in [0.717, 1.165) is 12.0 Å². The van der Waals surface area contributed by atoms with Crippen molar-refractivity contribution in [2.45, 2.75) is 25.7 Å². The van der Waals surface area contributed by atoms with Gasteiger partial charge in [0.1, 0.15) is 5.82 Å². The quantitative estimate of drug-likeness (QED) is 0.292. The van der Waals surface area contributed by atoms with Gasteiger partial charge in [-0.1, -0.05) is 12.1 Å². The number of aliphatic imine (C=N–C) groups is 1. The van der Waals surface area contributed by atoms with E-state index < -0.39 is 0 Å². The zero-order valence-electron chi connectivity index (χ0n) is 14.3. The third-order valence-corrected chi connectivity index (χ3v) is 3.85. The molecule has 1 heterocycles. The summed E-state index contributed by atoms with van der Waals surface area (Å²) in [5, 5.41) is 6.24. The fourth-order valence-corrected chi connectivity index (χ4v) is 2.53. The van der Waals surface area contributed by atoms with E-state index in [1.165, 1.54) is 17.0 Å². The molecule has 0 bridgehead atoms. The van der Waals surface area contributed by atoms with Crippen LogP contribution < -0.4 is 10.6 Å². The summed E-state index contributed by atoms with van der Waals surface area (Å²) in [4.78, 5) is 28.8. The van der Waals surface area contributed by atoms with Gasteiger partial charge in [-0.05, 0) is 30.5 Å². The number of carbonyl (C=O) groups excluding carboxylic acids is 2. The lowest BCUT2D eigenvalue weighted by Crippen LogP contribution is -2.46. The van der Waals surface area contributed by atoms with E-state index in [-0.39, 0.29) is 41.6 Å². The molecule has 0 aliphatic carbocycles. The molecule has 1 fully saturated rings. The number of nitrogens with one attached hydrogen (secondary N) is 2. The lowest BCUT2D eigenvalue weighted by molar-refractivity contribution is -0.147. The van der Waals surface area contributed by atoms with Crippen LogP contribution >= 0.6 is 24.0 Å². The Morgan fingerprint density at radius 1 is 1.12 bits per heavy atom. The first kappa shape index (κ1) is 21.3. The van der Waals surface area contributed by atoms with Crippen molar-refractivity contribution in [1.29, 1.82) is 0 Å². The zero-order chi connectivity index (χ0) is 17.4. The topological polar surface area (TPSA) is 73.8 Å². The summed E-state index contributed by atoms with van der Waals surface area (Å²) in [5.41, 5.74) is 1.03. The monoisotopic (exact) mass is 462 g/mol. The largest absolute Gasteiger partial charge is 0.356 e. The predicted octanol–water partition coefficient (Wildman–Crippen LogP) is 1.69. The number of carbonyl (C=O) groups is 2. The Bertz CT molecular complexity index is 591. The van der Waals surface area contributed by atoms with Crippen molar-refractivity contribution in [2.24, 2.45) is 4.99 Å². The van der Waals surface area contributed by atoms with Crippen molar-refractivity contribution in [3.63, 3.8) is 0 Å². The van der Waals surface area contributed by atoms with Gasteiger partial charge >= 0.3 is 0 Å². The fraction of sp³-hybridized carbons (Fsp3) is 0.471. The number of likely N-dealkylation sites (tertiary alicyclic amines) is 1. The van der Waals surface area contributed by atoms with Crippen molar-refractivity contribution in [1.82, 2.24) is 15.5 Å². The van der Waals surface area contributed by atoms with Gasteiger partial charge in [0.05, 0.1) is 0 Å². The van der Waals surface area contributed by atoms with Crippen LogP contribution in [0.15, 0.2) is 29.3 Å². The Morgan fingerprint density at radius 3 is 2.32 bits per heavy atom. The molecule has 0 unspecified atom stereocenters. The van der Waals surface area contributed by atoms with Gasteiger partial charge in [-0.25, -0.2) is 4.39 Å². The number of imide groups is 1. The van der Waals surface area contributed by atoms with Crippen LogP contribution in [0, 0.1) is 5.82 Å². The number of rotatable bonds is 6. The molecule has 2 amide bonds. The van der Waals surface area contributed by atoms with Crippen molar-refractivity contribution in [3.8, 4) is 0 Å². The Morgan fingerprint density at radius 2 is 1.72 bits per heavy atom. The highest BCUT2D eigenvalue weighted by Crippen LogP contribution is 2.11. The van der Waals surface area contributed by atoms with E-state index in [4.69, 9.17) is 0 Å². The zero-order valence-corrected chi connectivity index (χ0v) is 16.6. The molecule has 0 radical (unpaired) electrons. The van der Waals surface area contributed by atoms with Crippen LogP contribution in [0.5, 0.6) is 0 Å². The summed E-state index contributed by atoms with van der Waals surface area (Å²) >= 11 is 0. The minimum Gasteiger partial charge on any atom is -0.356 e. The SMILES string of the molecule is CN=C(NCCc1ccc(F)cc1)NCCN1C(=O)CCCC1=O.I. The lowest BCUT2D eigenvalue weighted by Gasteiger charge is -2.25. The first-order valence-corrected chi connectivity index (χ1v) is 8.12.